The van der Waals surface area contributed by atoms with E-state index < -0.39 is 43.4 Å². The van der Waals surface area contributed by atoms with Gasteiger partial charge in [0.05, 0.1) is 19.8 Å². The molecule has 0 unspecified atom stereocenters. The summed E-state index contributed by atoms with van der Waals surface area (Å²) in [6.07, 6.45) is -2.96. The van der Waals surface area contributed by atoms with Crippen LogP contribution in [0, 0.1) is 0 Å². The van der Waals surface area contributed by atoms with Gasteiger partial charge in [0.25, 0.3) is 0 Å². The number of Topliss-reactive ketones (excluding diaryl/α,β-unsaturated/α-hetero) is 1. The van der Waals surface area contributed by atoms with Gasteiger partial charge in [0, 0.05) is 12.8 Å². The van der Waals surface area contributed by atoms with Crippen molar-refractivity contribution in [2.45, 2.75) is 88.7 Å². The van der Waals surface area contributed by atoms with Crippen molar-refractivity contribution in [3.05, 3.63) is 23.8 Å². The Balaban J connectivity index is 1.94. The third-order valence-corrected chi connectivity index (χ3v) is 5.62. The van der Waals surface area contributed by atoms with Gasteiger partial charge in [-0.3, -0.25) is 4.79 Å². The molecule has 5 N–H and O–H groups in total. The zero-order valence-electron chi connectivity index (χ0n) is 18.7. The van der Waals surface area contributed by atoms with Crippen molar-refractivity contribution in [1.82, 2.24) is 0 Å². The number of benzene rings is 1. The summed E-state index contributed by atoms with van der Waals surface area (Å²) < 4.78 is 16.3. The summed E-state index contributed by atoms with van der Waals surface area (Å²) in [5, 5.41) is 49.2. The van der Waals surface area contributed by atoms with E-state index in [2.05, 4.69) is 6.92 Å². The number of carbonyl (C=O) groups is 1. The number of hydrogen-bond donors (Lipinski definition) is 5. The van der Waals surface area contributed by atoms with E-state index in [1.165, 1.54) is 7.11 Å². The SMILES string of the molecule is CCCCC[C@H](O)CC(=O)CCc1ccc(O[C@@H]2O[C@H](CO)[C@@H](O)[C@H](O)[C@H]2O)c(OC)c1. The lowest BCUT2D eigenvalue weighted by atomic mass is 9.99. The molecule has 1 aromatic carbocycles. The molecule has 1 aromatic rings. The fraction of sp³-hybridized carbons (Fsp3) is 0.696. The first-order valence-corrected chi connectivity index (χ1v) is 11.1. The molecule has 32 heavy (non-hydrogen) atoms. The van der Waals surface area contributed by atoms with Crippen molar-refractivity contribution >= 4 is 5.78 Å². The summed E-state index contributed by atoms with van der Waals surface area (Å²) in [5.74, 6) is 0.569. The Morgan fingerprint density at radius 1 is 1.12 bits per heavy atom. The first kappa shape index (κ1) is 26.5. The number of methoxy groups -OCH3 is 1. The predicted molar refractivity (Wildman–Crippen MR) is 115 cm³/mol. The van der Waals surface area contributed by atoms with E-state index in [1.54, 1.807) is 18.2 Å². The van der Waals surface area contributed by atoms with Crippen molar-refractivity contribution in [2.24, 2.45) is 0 Å². The Morgan fingerprint density at radius 2 is 1.88 bits per heavy atom. The average Bonchev–Trinajstić information content (AvgIpc) is 2.78. The van der Waals surface area contributed by atoms with Crippen LogP contribution in [0.5, 0.6) is 11.5 Å². The smallest absolute Gasteiger partial charge is 0.229 e. The number of hydrogen-bond acceptors (Lipinski definition) is 9. The molecule has 1 saturated heterocycles. The number of aryl methyl sites for hydroxylation is 1. The number of rotatable bonds is 13. The third-order valence-electron chi connectivity index (χ3n) is 5.62. The van der Waals surface area contributed by atoms with Crippen molar-refractivity contribution in [2.75, 3.05) is 13.7 Å². The summed E-state index contributed by atoms with van der Waals surface area (Å²) in [6, 6.07) is 5.04. The van der Waals surface area contributed by atoms with Crippen LogP contribution in [-0.4, -0.2) is 81.8 Å². The Kier molecular flexibility index (Phi) is 10.8. The van der Waals surface area contributed by atoms with Crippen LogP contribution in [0.3, 0.4) is 0 Å². The molecule has 9 nitrogen and oxygen atoms in total. The average molecular weight is 457 g/mol. The molecule has 0 aromatic heterocycles. The fourth-order valence-electron chi connectivity index (χ4n) is 3.64. The van der Waals surface area contributed by atoms with Crippen LogP contribution in [0.2, 0.25) is 0 Å². The second kappa shape index (κ2) is 13.1. The second-order valence-electron chi connectivity index (χ2n) is 8.19. The fourth-order valence-corrected chi connectivity index (χ4v) is 3.64. The van der Waals surface area contributed by atoms with Gasteiger partial charge in [-0.05, 0) is 30.5 Å². The standard InChI is InChI=1S/C23H36O9/c1-3-4-5-6-15(25)12-16(26)9-7-14-8-10-17(18(11-14)30-2)31-23-22(29)21(28)20(27)19(13-24)32-23/h8,10-11,15,19-25,27-29H,3-7,9,12-13H2,1-2H3/t15-,19+,20+,21-,22+,23+/m0/s1. The number of ether oxygens (including phenoxy) is 3. The molecule has 0 bridgehead atoms. The van der Waals surface area contributed by atoms with Gasteiger partial charge in [0.2, 0.25) is 6.29 Å². The van der Waals surface area contributed by atoms with Crippen LogP contribution in [-0.2, 0) is 16.0 Å². The molecular weight excluding hydrogens is 420 g/mol. The van der Waals surface area contributed by atoms with Gasteiger partial charge in [-0.25, -0.2) is 0 Å². The molecule has 1 aliphatic heterocycles. The monoisotopic (exact) mass is 456 g/mol. The molecule has 0 amide bonds. The number of aliphatic hydroxyl groups is 5. The summed E-state index contributed by atoms with van der Waals surface area (Å²) in [5.41, 5.74) is 0.830. The molecular formula is C23H36O9. The van der Waals surface area contributed by atoms with Crippen molar-refractivity contribution < 1.29 is 44.5 Å². The van der Waals surface area contributed by atoms with E-state index in [9.17, 15) is 30.3 Å². The van der Waals surface area contributed by atoms with Gasteiger partial charge in [-0.15, -0.1) is 0 Å². The lowest BCUT2D eigenvalue weighted by Gasteiger charge is -2.39. The molecule has 0 spiro atoms. The maximum absolute atomic E-state index is 12.2. The Labute approximate surface area is 188 Å². The third kappa shape index (κ3) is 7.40. The number of unbranched alkanes of at least 4 members (excludes halogenated alkanes) is 2. The second-order valence-corrected chi connectivity index (χ2v) is 8.19. The number of carbonyl (C=O) groups excluding carboxylic acids is 1. The van der Waals surface area contributed by atoms with E-state index in [-0.39, 0.29) is 18.0 Å². The Bertz CT molecular complexity index is 709. The Hall–Kier alpha value is -1.75. The highest BCUT2D eigenvalue weighted by atomic mass is 16.7. The molecule has 1 fully saturated rings. The van der Waals surface area contributed by atoms with Gasteiger partial charge < -0.3 is 39.7 Å². The molecule has 0 aliphatic carbocycles. The zero-order valence-corrected chi connectivity index (χ0v) is 18.7. The van der Waals surface area contributed by atoms with E-state index in [4.69, 9.17) is 14.2 Å². The van der Waals surface area contributed by atoms with Crippen LogP contribution >= 0.6 is 0 Å². The minimum absolute atomic E-state index is 0.00499. The highest BCUT2D eigenvalue weighted by molar-refractivity contribution is 5.79. The Morgan fingerprint density at radius 3 is 2.53 bits per heavy atom. The lowest BCUT2D eigenvalue weighted by molar-refractivity contribution is -0.277. The molecule has 182 valence electrons. The predicted octanol–water partition coefficient (Wildman–Crippen LogP) is 0.707. The van der Waals surface area contributed by atoms with E-state index >= 15 is 0 Å². The largest absolute Gasteiger partial charge is 0.493 e. The summed E-state index contributed by atoms with van der Waals surface area (Å²) in [4.78, 5) is 12.2. The van der Waals surface area contributed by atoms with Crippen LogP contribution in [0.25, 0.3) is 0 Å². The highest BCUT2D eigenvalue weighted by Gasteiger charge is 2.44. The normalized spacial score (nSPS) is 26.5. The maximum atomic E-state index is 12.2. The molecule has 6 atom stereocenters. The maximum Gasteiger partial charge on any atom is 0.229 e. The molecule has 0 saturated carbocycles. The molecule has 1 aliphatic rings. The molecule has 1 heterocycles. The lowest BCUT2D eigenvalue weighted by Crippen LogP contribution is -2.60. The zero-order chi connectivity index (χ0) is 23.7. The van der Waals surface area contributed by atoms with Gasteiger partial charge in [0.1, 0.15) is 30.2 Å². The van der Waals surface area contributed by atoms with Crippen LogP contribution < -0.4 is 9.47 Å². The molecule has 2 rings (SSSR count). The number of ketones is 1. The van der Waals surface area contributed by atoms with E-state index in [1.807, 2.05) is 0 Å². The quantitative estimate of drug-likeness (QED) is 0.271. The van der Waals surface area contributed by atoms with Gasteiger partial charge in [0.15, 0.2) is 11.5 Å². The minimum atomic E-state index is -1.54. The molecule has 0 radical (unpaired) electrons. The van der Waals surface area contributed by atoms with Crippen LogP contribution in [0.1, 0.15) is 51.0 Å². The minimum Gasteiger partial charge on any atom is -0.493 e. The van der Waals surface area contributed by atoms with Gasteiger partial charge >= 0.3 is 0 Å². The summed E-state index contributed by atoms with van der Waals surface area (Å²) >= 11 is 0. The summed E-state index contributed by atoms with van der Waals surface area (Å²) in [7, 11) is 1.44. The molecule has 9 heteroatoms. The van der Waals surface area contributed by atoms with E-state index in [0.717, 1.165) is 24.8 Å². The van der Waals surface area contributed by atoms with Crippen LogP contribution in [0.15, 0.2) is 18.2 Å². The van der Waals surface area contributed by atoms with Gasteiger partial charge in [-0.1, -0.05) is 32.3 Å². The van der Waals surface area contributed by atoms with Crippen molar-refractivity contribution in [3.8, 4) is 11.5 Å². The summed E-state index contributed by atoms with van der Waals surface area (Å²) in [6.45, 7) is 1.54. The van der Waals surface area contributed by atoms with E-state index in [0.29, 0.717) is 25.0 Å². The van der Waals surface area contributed by atoms with Crippen molar-refractivity contribution in [3.63, 3.8) is 0 Å². The highest BCUT2D eigenvalue weighted by Crippen LogP contribution is 2.32. The van der Waals surface area contributed by atoms with Crippen molar-refractivity contribution in [1.29, 1.82) is 0 Å². The number of aliphatic hydroxyl groups excluding tert-OH is 5. The topological polar surface area (TPSA) is 146 Å². The van der Waals surface area contributed by atoms with Crippen LogP contribution in [0.4, 0.5) is 0 Å². The first-order chi connectivity index (χ1) is 15.3. The van der Waals surface area contributed by atoms with Gasteiger partial charge in [-0.2, -0.15) is 0 Å². The first-order valence-electron chi connectivity index (χ1n) is 11.1.